The standard InChI is InChI=1S/C15H19NO2/c1-13(17)15(12-16,10-6-7-11-18-2)14-8-4-3-5-9-14/h3-5,8-9H,6-7,10-11H2,1-2H3. The Kier molecular flexibility index (Phi) is 5.54. The number of hydrogen-bond acceptors (Lipinski definition) is 3. The summed E-state index contributed by atoms with van der Waals surface area (Å²) in [6, 6.07) is 11.5. The van der Waals surface area contributed by atoms with Crippen molar-refractivity contribution in [2.45, 2.75) is 31.6 Å². The van der Waals surface area contributed by atoms with Crippen molar-refractivity contribution < 1.29 is 9.53 Å². The van der Waals surface area contributed by atoms with Gasteiger partial charge in [0.05, 0.1) is 6.07 Å². The van der Waals surface area contributed by atoms with Crippen LogP contribution >= 0.6 is 0 Å². The lowest BCUT2D eigenvalue weighted by Crippen LogP contribution is -2.32. The van der Waals surface area contributed by atoms with Crippen LogP contribution in [0.25, 0.3) is 0 Å². The molecule has 0 N–H and O–H groups in total. The van der Waals surface area contributed by atoms with E-state index in [1.807, 2.05) is 30.3 Å². The maximum absolute atomic E-state index is 11.9. The van der Waals surface area contributed by atoms with Crippen LogP contribution in [-0.4, -0.2) is 19.5 Å². The topological polar surface area (TPSA) is 50.1 Å². The van der Waals surface area contributed by atoms with Crippen LogP contribution in [0, 0.1) is 11.3 Å². The number of unbranched alkanes of at least 4 members (excludes halogenated alkanes) is 1. The number of nitriles is 1. The van der Waals surface area contributed by atoms with E-state index in [0.717, 1.165) is 18.4 Å². The second-order valence-electron chi connectivity index (χ2n) is 4.39. The number of carbonyl (C=O) groups excluding carboxylic acids is 1. The van der Waals surface area contributed by atoms with Crippen molar-refractivity contribution in [3.8, 4) is 6.07 Å². The van der Waals surface area contributed by atoms with Gasteiger partial charge in [0.15, 0.2) is 5.78 Å². The monoisotopic (exact) mass is 245 g/mol. The van der Waals surface area contributed by atoms with Gasteiger partial charge >= 0.3 is 0 Å². The summed E-state index contributed by atoms with van der Waals surface area (Å²) in [5.74, 6) is -0.0892. The van der Waals surface area contributed by atoms with Crippen molar-refractivity contribution in [1.29, 1.82) is 5.26 Å². The number of hydrogen-bond donors (Lipinski definition) is 0. The number of ether oxygens (including phenoxy) is 1. The Morgan fingerprint density at radius 3 is 2.50 bits per heavy atom. The molecule has 0 fully saturated rings. The summed E-state index contributed by atoms with van der Waals surface area (Å²) in [5, 5.41) is 9.45. The molecule has 0 bridgehead atoms. The van der Waals surface area contributed by atoms with Crippen LogP contribution in [0.1, 0.15) is 31.7 Å². The zero-order chi connectivity index (χ0) is 13.4. The van der Waals surface area contributed by atoms with E-state index in [9.17, 15) is 10.1 Å². The predicted molar refractivity (Wildman–Crippen MR) is 70.1 cm³/mol. The zero-order valence-electron chi connectivity index (χ0n) is 11.0. The molecule has 0 aliphatic heterocycles. The summed E-state index contributed by atoms with van der Waals surface area (Å²) in [6.07, 6.45) is 2.21. The third kappa shape index (κ3) is 3.18. The van der Waals surface area contributed by atoms with Crippen molar-refractivity contribution >= 4 is 5.78 Å². The molecule has 0 aliphatic rings. The lowest BCUT2D eigenvalue weighted by molar-refractivity contribution is -0.120. The fourth-order valence-electron chi connectivity index (χ4n) is 2.08. The minimum Gasteiger partial charge on any atom is -0.385 e. The van der Waals surface area contributed by atoms with Gasteiger partial charge in [-0.1, -0.05) is 30.3 Å². The van der Waals surface area contributed by atoms with Crippen molar-refractivity contribution in [3.63, 3.8) is 0 Å². The first-order valence-corrected chi connectivity index (χ1v) is 6.14. The fourth-order valence-corrected chi connectivity index (χ4v) is 2.08. The summed E-state index contributed by atoms with van der Waals surface area (Å²) in [7, 11) is 1.65. The number of methoxy groups -OCH3 is 1. The van der Waals surface area contributed by atoms with Crippen LogP contribution in [0.3, 0.4) is 0 Å². The molecular formula is C15H19NO2. The van der Waals surface area contributed by atoms with Gasteiger partial charge in [-0.2, -0.15) is 5.26 Å². The van der Waals surface area contributed by atoms with E-state index in [4.69, 9.17) is 4.74 Å². The molecule has 1 aromatic carbocycles. The van der Waals surface area contributed by atoms with Crippen LogP contribution in [0.5, 0.6) is 0 Å². The molecule has 0 spiro atoms. The predicted octanol–water partition coefficient (Wildman–Crippen LogP) is 2.85. The number of benzene rings is 1. The normalized spacial score (nSPS) is 13.6. The third-order valence-corrected chi connectivity index (χ3v) is 3.21. The summed E-state index contributed by atoms with van der Waals surface area (Å²) >= 11 is 0. The van der Waals surface area contributed by atoms with Gasteiger partial charge in [0.2, 0.25) is 0 Å². The minimum atomic E-state index is -1.00. The molecular weight excluding hydrogens is 226 g/mol. The molecule has 1 unspecified atom stereocenters. The molecule has 0 heterocycles. The van der Waals surface area contributed by atoms with E-state index in [0.29, 0.717) is 13.0 Å². The average molecular weight is 245 g/mol. The highest BCUT2D eigenvalue weighted by molar-refractivity contribution is 5.91. The number of rotatable bonds is 7. The number of carbonyl (C=O) groups is 1. The lowest BCUT2D eigenvalue weighted by atomic mass is 9.75. The zero-order valence-corrected chi connectivity index (χ0v) is 11.0. The van der Waals surface area contributed by atoms with Gasteiger partial charge in [0.1, 0.15) is 5.41 Å². The van der Waals surface area contributed by atoms with Crippen LogP contribution in [0.2, 0.25) is 0 Å². The van der Waals surface area contributed by atoms with E-state index in [1.165, 1.54) is 6.92 Å². The smallest absolute Gasteiger partial charge is 0.154 e. The second kappa shape index (κ2) is 6.93. The summed E-state index contributed by atoms with van der Waals surface area (Å²) in [4.78, 5) is 11.9. The molecule has 1 aromatic rings. The maximum Gasteiger partial charge on any atom is 0.154 e. The van der Waals surface area contributed by atoms with Gasteiger partial charge in [0, 0.05) is 13.7 Å². The Hall–Kier alpha value is -1.66. The van der Waals surface area contributed by atoms with E-state index in [2.05, 4.69) is 6.07 Å². The van der Waals surface area contributed by atoms with Crippen molar-refractivity contribution in [2.75, 3.05) is 13.7 Å². The van der Waals surface area contributed by atoms with Crippen LogP contribution in [0.15, 0.2) is 30.3 Å². The quantitative estimate of drug-likeness (QED) is 0.694. The van der Waals surface area contributed by atoms with Gasteiger partial charge in [-0.25, -0.2) is 0 Å². The highest BCUT2D eigenvalue weighted by Gasteiger charge is 2.36. The van der Waals surface area contributed by atoms with Crippen LogP contribution in [-0.2, 0) is 14.9 Å². The van der Waals surface area contributed by atoms with Crippen LogP contribution < -0.4 is 0 Å². The Morgan fingerprint density at radius 2 is 2.00 bits per heavy atom. The molecule has 3 nitrogen and oxygen atoms in total. The molecule has 96 valence electrons. The number of ketones is 1. The SMILES string of the molecule is COCCCCC(C#N)(C(C)=O)c1ccccc1. The third-order valence-electron chi connectivity index (χ3n) is 3.21. The summed E-state index contributed by atoms with van der Waals surface area (Å²) in [5.41, 5.74) is -0.216. The molecule has 18 heavy (non-hydrogen) atoms. The molecule has 0 saturated carbocycles. The van der Waals surface area contributed by atoms with Crippen molar-refractivity contribution in [2.24, 2.45) is 0 Å². The van der Waals surface area contributed by atoms with Gasteiger partial charge in [0.25, 0.3) is 0 Å². The first kappa shape index (κ1) is 14.4. The molecule has 3 heteroatoms. The Bertz CT molecular complexity index is 422. The molecule has 0 aromatic heterocycles. The summed E-state index contributed by atoms with van der Waals surface area (Å²) < 4.78 is 4.99. The van der Waals surface area contributed by atoms with Crippen molar-refractivity contribution in [3.05, 3.63) is 35.9 Å². The van der Waals surface area contributed by atoms with Gasteiger partial charge in [-0.05, 0) is 31.7 Å². The number of nitrogens with zero attached hydrogens (tertiary/aromatic N) is 1. The Labute approximate surface area is 108 Å². The first-order chi connectivity index (χ1) is 8.67. The highest BCUT2D eigenvalue weighted by atomic mass is 16.5. The largest absolute Gasteiger partial charge is 0.385 e. The van der Waals surface area contributed by atoms with Crippen LogP contribution in [0.4, 0.5) is 0 Å². The first-order valence-electron chi connectivity index (χ1n) is 6.14. The van der Waals surface area contributed by atoms with E-state index < -0.39 is 5.41 Å². The average Bonchev–Trinajstić information content (AvgIpc) is 2.40. The molecule has 1 atom stereocenters. The molecule has 0 radical (unpaired) electrons. The minimum absolute atomic E-state index is 0.0892. The maximum atomic E-state index is 11.9. The van der Waals surface area contributed by atoms with Gasteiger partial charge in [-0.3, -0.25) is 4.79 Å². The molecule has 0 aliphatic carbocycles. The second-order valence-corrected chi connectivity index (χ2v) is 4.39. The van der Waals surface area contributed by atoms with Gasteiger partial charge in [-0.15, -0.1) is 0 Å². The fraction of sp³-hybridized carbons (Fsp3) is 0.467. The van der Waals surface area contributed by atoms with Crippen molar-refractivity contribution in [1.82, 2.24) is 0 Å². The summed E-state index contributed by atoms with van der Waals surface area (Å²) in [6.45, 7) is 2.15. The van der Waals surface area contributed by atoms with E-state index in [1.54, 1.807) is 7.11 Å². The van der Waals surface area contributed by atoms with Gasteiger partial charge < -0.3 is 4.74 Å². The lowest BCUT2D eigenvalue weighted by Gasteiger charge is -2.24. The molecule has 1 rings (SSSR count). The Balaban J connectivity index is 2.90. The Morgan fingerprint density at radius 1 is 1.33 bits per heavy atom. The number of Topliss-reactive ketones (excluding diaryl/α,β-unsaturated/α-hetero) is 1. The molecule has 0 amide bonds. The van der Waals surface area contributed by atoms with E-state index in [-0.39, 0.29) is 5.78 Å². The molecule has 0 saturated heterocycles. The van der Waals surface area contributed by atoms with E-state index >= 15 is 0 Å². The highest BCUT2D eigenvalue weighted by Crippen LogP contribution is 2.30.